The Morgan fingerprint density at radius 2 is 2.00 bits per heavy atom. The maximum atomic E-state index is 7.41. The number of hydrogen-bond donors (Lipinski definition) is 2. The van der Waals surface area contributed by atoms with E-state index >= 15 is 0 Å². The van der Waals surface area contributed by atoms with Crippen molar-refractivity contribution < 1.29 is 4.74 Å². The second kappa shape index (κ2) is 5.25. The number of nitrogens with one attached hydrogen (secondary N) is 1. The highest BCUT2D eigenvalue weighted by Crippen LogP contribution is 2.30. The third-order valence-electron chi connectivity index (χ3n) is 2.14. The van der Waals surface area contributed by atoms with Crippen LogP contribution in [0.5, 0.6) is 11.5 Å². The minimum Gasteiger partial charge on any atom is -0.455 e. The van der Waals surface area contributed by atoms with Crippen molar-refractivity contribution in [1.29, 1.82) is 5.41 Å². The zero-order valence-electron chi connectivity index (χ0n) is 9.15. The smallest absolute Gasteiger partial charge is 0.156 e. The Hall–Kier alpha value is -1.78. The quantitative estimate of drug-likeness (QED) is 0.668. The molecule has 1 aromatic carbocycles. The second-order valence-electron chi connectivity index (χ2n) is 3.44. The number of amidine groups is 1. The first-order valence-electron chi connectivity index (χ1n) is 5.00. The first-order chi connectivity index (χ1) is 8.58. The average Bonchev–Trinajstić information content (AvgIpc) is 2.34. The number of pyridine rings is 1. The Labute approximate surface area is 114 Å². The molecule has 0 saturated heterocycles. The van der Waals surface area contributed by atoms with Gasteiger partial charge in [-0.3, -0.25) is 5.41 Å². The van der Waals surface area contributed by atoms with Crippen molar-refractivity contribution in [2.24, 2.45) is 5.73 Å². The maximum Gasteiger partial charge on any atom is 0.156 e. The van der Waals surface area contributed by atoms with Crippen LogP contribution in [0.3, 0.4) is 0 Å². The molecule has 0 amide bonds. The molecule has 0 aliphatic carbocycles. The van der Waals surface area contributed by atoms with E-state index in [0.29, 0.717) is 21.5 Å². The van der Waals surface area contributed by atoms with Crippen LogP contribution in [-0.2, 0) is 0 Å². The SMILES string of the molecule is N=C(N)c1ncccc1Oc1ccc(Cl)c(Cl)c1. The van der Waals surface area contributed by atoms with Crippen molar-refractivity contribution in [2.45, 2.75) is 0 Å². The molecule has 4 nitrogen and oxygen atoms in total. The molecule has 0 unspecified atom stereocenters. The number of nitrogens with zero attached hydrogens (tertiary/aromatic N) is 1. The van der Waals surface area contributed by atoms with Gasteiger partial charge in [-0.25, -0.2) is 4.98 Å². The number of aromatic nitrogens is 1. The molecule has 3 N–H and O–H groups in total. The van der Waals surface area contributed by atoms with Crippen LogP contribution in [0.2, 0.25) is 10.0 Å². The molecule has 1 aromatic heterocycles. The first-order valence-corrected chi connectivity index (χ1v) is 5.76. The molecule has 0 aliphatic rings. The lowest BCUT2D eigenvalue weighted by atomic mass is 10.3. The van der Waals surface area contributed by atoms with Crippen molar-refractivity contribution in [3.8, 4) is 11.5 Å². The molecule has 0 fully saturated rings. The zero-order chi connectivity index (χ0) is 13.1. The van der Waals surface area contributed by atoms with Gasteiger partial charge in [0.2, 0.25) is 0 Å². The van der Waals surface area contributed by atoms with Crippen molar-refractivity contribution in [2.75, 3.05) is 0 Å². The van der Waals surface area contributed by atoms with Crippen LogP contribution in [0, 0.1) is 5.41 Å². The van der Waals surface area contributed by atoms with Gasteiger partial charge < -0.3 is 10.5 Å². The molecular weight excluding hydrogens is 273 g/mol. The van der Waals surface area contributed by atoms with Crippen molar-refractivity contribution in [3.05, 3.63) is 52.3 Å². The van der Waals surface area contributed by atoms with Gasteiger partial charge in [-0.15, -0.1) is 0 Å². The predicted octanol–water partition coefficient (Wildman–Crippen LogP) is 3.46. The highest BCUT2D eigenvalue weighted by atomic mass is 35.5. The summed E-state index contributed by atoms with van der Waals surface area (Å²) in [7, 11) is 0. The van der Waals surface area contributed by atoms with Gasteiger partial charge in [-0.05, 0) is 24.3 Å². The Morgan fingerprint density at radius 3 is 2.67 bits per heavy atom. The van der Waals surface area contributed by atoms with E-state index in [1.54, 1.807) is 36.5 Å². The maximum absolute atomic E-state index is 7.41. The second-order valence-corrected chi connectivity index (χ2v) is 4.26. The number of halogens is 2. The molecule has 0 aliphatic heterocycles. The molecule has 2 rings (SSSR count). The summed E-state index contributed by atoms with van der Waals surface area (Å²) in [5, 5.41) is 8.24. The molecule has 2 aromatic rings. The van der Waals surface area contributed by atoms with Gasteiger partial charge in [0, 0.05) is 12.3 Å². The van der Waals surface area contributed by atoms with Crippen molar-refractivity contribution >= 4 is 29.0 Å². The third kappa shape index (κ3) is 2.72. The van der Waals surface area contributed by atoms with Crippen LogP contribution in [-0.4, -0.2) is 10.8 Å². The van der Waals surface area contributed by atoms with E-state index in [9.17, 15) is 0 Å². The Balaban J connectivity index is 2.34. The standard InChI is InChI=1S/C12H9Cl2N3O/c13-8-4-3-7(6-9(8)14)18-10-2-1-5-17-11(10)12(15)16/h1-6H,(H3,15,16). The van der Waals surface area contributed by atoms with E-state index in [0.717, 1.165) is 0 Å². The van der Waals surface area contributed by atoms with Gasteiger partial charge in [0.25, 0.3) is 0 Å². The molecule has 0 bridgehead atoms. The van der Waals surface area contributed by atoms with Crippen molar-refractivity contribution in [3.63, 3.8) is 0 Å². The zero-order valence-corrected chi connectivity index (χ0v) is 10.7. The molecular formula is C12H9Cl2N3O. The van der Waals surface area contributed by atoms with Crippen LogP contribution in [0.15, 0.2) is 36.5 Å². The summed E-state index contributed by atoms with van der Waals surface area (Å²) < 4.78 is 5.58. The topological polar surface area (TPSA) is 72.0 Å². The van der Waals surface area contributed by atoms with Crippen LogP contribution in [0.4, 0.5) is 0 Å². The molecule has 92 valence electrons. The van der Waals surface area contributed by atoms with Gasteiger partial charge in [0.1, 0.15) is 17.3 Å². The van der Waals surface area contributed by atoms with E-state index in [1.807, 2.05) is 0 Å². The van der Waals surface area contributed by atoms with Gasteiger partial charge in [-0.2, -0.15) is 0 Å². The molecule has 1 heterocycles. The summed E-state index contributed by atoms with van der Waals surface area (Å²) in [4.78, 5) is 3.98. The molecule has 0 radical (unpaired) electrons. The highest BCUT2D eigenvalue weighted by molar-refractivity contribution is 6.42. The Bertz CT molecular complexity index is 602. The fourth-order valence-corrected chi connectivity index (χ4v) is 1.63. The first kappa shape index (κ1) is 12.7. The summed E-state index contributed by atoms with van der Waals surface area (Å²) in [5.41, 5.74) is 5.70. The minimum atomic E-state index is -0.161. The van der Waals surface area contributed by atoms with Crippen LogP contribution >= 0.6 is 23.2 Å². The lowest BCUT2D eigenvalue weighted by molar-refractivity contribution is 0.479. The summed E-state index contributed by atoms with van der Waals surface area (Å²) >= 11 is 11.7. The molecule has 6 heteroatoms. The lowest BCUT2D eigenvalue weighted by Crippen LogP contribution is -2.14. The summed E-state index contributed by atoms with van der Waals surface area (Å²) in [6, 6.07) is 8.25. The molecule has 0 atom stereocenters. The Kier molecular flexibility index (Phi) is 3.69. The van der Waals surface area contributed by atoms with Gasteiger partial charge in [0.05, 0.1) is 10.0 Å². The molecule has 0 saturated carbocycles. The van der Waals surface area contributed by atoms with Gasteiger partial charge in [0.15, 0.2) is 5.75 Å². The van der Waals surface area contributed by atoms with E-state index in [1.165, 1.54) is 0 Å². The van der Waals surface area contributed by atoms with Gasteiger partial charge >= 0.3 is 0 Å². The third-order valence-corrected chi connectivity index (χ3v) is 2.88. The highest BCUT2D eigenvalue weighted by Gasteiger charge is 2.09. The fourth-order valence-electron chi connectivity index (χ4n) is 1.34. The van der Waals surface area contributed by atoms with E-state index in [-0.39, 0.29) is 11.5 Å². The number of nitrogens with two attached hydrogens (primary N) is 1. The number of nitrogen functional groups attached to an aromatic ring is 1. The average molecular weight is 282 g/mol. The molecule has 18 heavy (non-hydrogen) atoms. The number of ether oxygens (including phenoxy) is 1. The molecule has 0 spiro atoms. The predicted molar refractivity (Wildman–Crippen MR) is 71.8 cm³/mol. The Morgan fingerprint density at radius 1 is 1.22 bits per heavy atom. The number of rotatable bonds is 3. The lowest BCUT2D eigenvalue weighted by Gasteiger charge is -2.09. The van der Waals surface area contributed by atoms with Gasteiger partial charge in [-0.1, -0.05) is 23.2 Å². The van der Waals surface area contributed by atoms with Crippen molar-refractivity contribution in [1.82, 2.24) is 4.98 Å². The van der Waals surface area contributed by atoms with Crippen LogP contribution in [0.1, 0.15) is 5.69 Å². The monoisotopic (exact) mass is 281 g/mol. The summed E-state index contributed by atoms with van der Waals surface area (Å²) in [5.74, 6) is 0.731. The normalized spacial score (nSPS) is 10.1. The van der Waals surface area contributed by atoms with E-state index in [4.69, 9.17) is 39.1 Å². The fraction of sp³-hybridized carbons (Fsp3) is 0. The summed E-state index contributed by atoms with van der Waals surface area (Å²) in [6.07, 6.45) is 1.54. The number of benzene rings is 1. The number of hydrogen-bond acceptors (Lipinski definition) is 3. The van der Waals surface area contributed by atoms with Crippen LogP contribution < -0.4 is 10.5 Å². The largest absolute Gasteiger partial charge is 0.455 e. The van der Waals surface area contributed by atoms with Crippen LogP contribution in [0.25, 0.3) is 0 Å². The van der Waals surface area contributed by atoms with E-state index < -0.39 is 0 Å². The summed E-state index contributed by atoms with van der Waals surface area (Å²) in [6.45, 7) is 0. The van der Waals surface area contributed by atoms with E-state index in [2.05, 4.69) is 4.98 Å². The minimum absolute atomic E-state index is 0.161.